The van der Waals surface area contributed by atoms with E-state index in [9.17, 15) is 4.79 Å². The largest absolute Gasteiger partial charge is 0.497 e. The lowest BCUT2D eigenvalue weighted by Crippen LogP contribution is -2.32. The number of carbonyl (C=O) groups excluding carboxylic acids is 1. The summed E-state index contributed by atoms with van der Waals surface area (Å²) in [5, 5.41) is 0. The molecular formula is C15H21NO3. The smallest absolute Gasteiger partial charge is 0.257 e. The molecule has 1 saturated heterocycles. The summed E-state index contributed by atoms with van der Waals surface area (Å²) in [5.41, 5.74) is 0.616. The summed E-state index contributed by atoms with van der Waals surface area (Å²) in [5.74, 6) is 1.33. The van der Waals surface area contributed by atoms with Crippen molar-refractivity contribution in [1.82, 2.24) is 4.90 Å². The fraction of sp³-hybridized carbons (Fsp3) is 0.533. The Morgan fingerprint density at radius 2 is 1.74 bits per heavy atom. The number of likely N-dealkylation sites (tertiary alicyclic amines) is 1. The maximum atomic E-state index is 12.5. The van der Waals surface area contributed by atoms with Gasteiger partial charge in [0.2, 0.25) is 0 Å². The third-order valence-corrected chi connectivity index (χ3v) is 3.53. The average Bonchev–Trinajstić information content (AvgIpc) is 2.74. The van der Waals surface area contributed by atoms with Crippen LogP contribution in [-0.4, -0.2) is 38.1 Å². The van der Waals surface area contributed by atoms with Gasteiger partial charge in [0.1, 0.15) is 11.5 Å². The van der Waals surface area contributed by atoms with Crippen LogP contribution >= 0.6 is 0 Å². The maximum Gasteiger partial charge on any atom is 0.257 e. The van der Waals surface area contributed by atoms with Gasteiger partial charge in [-0.2, -0.15) is 0 Å². The Morgan fingerprint density at radius 1 is 1.05 bits per heavy atom. The summed E-state index contributed by atoms with van der Waals surface area (Å²) < 4.78 is 10.5. The first-order valence-corrected chi connectivity index (χ1v) is 6.77. The second-order valence-electron chi connectivity index (χ2n) is 4.77. The summed E-state index contributed by atoms with van der Waals surface area (Å²) in [7, 11) is 3.18. The van der Waals surface area contributed by atoms with E-state index >= 15 is 0 Å². The Bertz CT molecular complexity index is 437. The number of hydrogen-bond acceptors (Lipinski definition) is 3. The van der Waals surface area contributed by atoms with Gasteiger partial charge in [-0.15, -0.1) is 0 Å². The number of methoxy groups -OCH3 is 2. The van der Waals surface area contributed by atoms with E-state index in [4.69, 9.17) is 9.47 Å². The molecule has 0 N–H and O–H groups in total. The highest BCUT2D eigenvalue weighted by Gasteiger charge is 2.20. The van der Waals surface area contributed by atoms with Gasteiger partial charge in [0, 0.05) is 19.2 Å². The van der Waals surface area contributed by atoms with Crippen molar-refractivity contribution in [1.29, 1.82) is 0 Å². The lowest BCUT2D eigenvalue weighted by Gasteiger charge is -2.21. The molecule has 0 radical (unpaired) electrons. The molecule has 1 aliphatic rings. The molecule has 0 spiro atoms. The third-order valence-electron chi connectivity index (χ3n) is 3.53. The van der Waals surface area contributed by atoms with Gasteiger partial charge in [0.15, 0.2) is 0 Å². The zero-order valence-electron chi connectivity index (χ0n) is 11.6. The quantitative estimate of drug-likeness (QED) is 0.841. The van der Waals surface area contributed by atoms with Gasteiger partial charge in [-0.25, -0.2) is 0 Å². The Balaban J connectivity index is 2.21. The highest BCUT2D eigenvalue weighted by Crippen LogP contribution is 2.26. The zero-order valence-corrected chi connectivity index (χ0v) is 11.6. The lowest BCUT2D eigenvalue weighted by molar-refractivity contribution is 0.0758. The van der Waals surface area contributed by atoms with E-state index in [1.54, 1.807) is 32.4 Å². The van der Waals surface area contributed by atoms with Crippen LogP contribution in [0.5, 0.6) is 11.5 Å². The summed E-state index contributed by atoms with van der Waals surface area (Å²) in [6, 6.07) is 5.34. The first-order chi connectivity index (χ1) is 9.26. The highest BCUT2D eigenvalue weighted by atomic mass is 16.5. The van der Waals surface area contributed by atoms with Crippen LogP contribution in [0.1, 0.15) is 36.0 Å². The van der Waals surface area contributed by atoms with Crippen LogP contribution in [0, 0.1) is 0 Å². The van der Waals surface area contributed by atoms with Gasteiger partial charge in [-0.1, -0.05) is 12.8 Å². The number of benzene rings is 1. The van der Waals surface area contributed by atoms with Crippen LogP contribution in [0.4, 0.5) is 0 Å². The molecular weight excluding hydrogens is 242 g/mol. The summed E-state index contributed by atoms with van der Waals surface area (Å²) in [6.07, 6.45) is 4.60. The molecule has 1 heterocycles. The van der Waals surface area contributed by atoms with E-state index in [2.05, 4.69) is 0 Å². The monoisotopic (exact) mass is 263 g/mol. The standard InChI is InChI=1S/C15H21NO3/c1-18-12-7-8-13(14(11-12)19-2)15(17)16-9-5-3-4-6-10-16/h7-8,11H,3-6,9-10H2,1-2H3. The fourth-order valence-corrected chi connectivity index (χ4v) is 2.42. The Morgan fingerprint density at radius 3 is 2.32 bits per heavy atom. The van der Waals surface area contributed by atoms with E-state index in [0.717, 1.165) is 25.9 Å². The molecule has 0 atom stereocenters. The molecule has 1 amide bonds. The Hall–Kier alpha value is -1.71. The zero-order chi connectivity index (χ0) is 13.7. The third kappa shape index (κ3) is 3.19. The van der Waals surface area contributed by atoms with Crippen LogP contribution in [0.15, 0.2) is 18.2 Å². The van der Waals surface area contributed by atoms with Gasteiger partial charge in [0.05, 0.1) is 19.8 Å². The molecule has 2 rings (SSSR count). The summed E-state index contributed by atoms with van der Waals surface area (Å²) in [6.45, 7) is 1.68. The number of ether oxygens (including phenoxy) is 2. The molecule has 19 heavy (non-hydrogen) atoms. The van der Waals surface area contributed by atoms with Crippen LogP contribution in [0.25, 0.3) is 0 Å². The van der Waals surface area contributed by atoms with Crippen LogP contribution in [-0.2, 0) is 0 Å². The van der Waals surface area contributed by atoms with E-state index in [1.165, 1.54) is 12.8 Å². The average molecular weight is 263 g/mol. The van der Waals surface area contributed by atoms with Crippen molar-refractivity contribution in [3.05, 3.63) is 23.8 Å². The van der Waals surface area contributed by atoms with Crippen LogP contribution in [0.3, 0.4) is 0 Å². The predicted molar refractivity (Wildman–Crippen MR) is 73.9 cm³/mol. The first kappa shape index (κ1) is 13.7. The van der Waals surface area contributed by atoms with Crippen molar-refractivity contribution in [3.8, 4) is 11.5 Å². The molecule has 0 saturated carbocycles. The van der Waals surface area contributed by atoms with Gasteiger partial charge >= 0.3 is 0 Å². The van der Waals surface area contributed by atoms with Crippen molar-refractivity contribution in [3.63, 3.8) is 0 Å². The molecule has 4 heteroatoms. The second kappa shape index (κ2) is 6.45. The lowest BCUT2D eigenvalue weighted by atomic mass is 10.1. The highest BCUT2D eigenvalue weighted by molar-refractivity contribution is 5.97. The van der Waals surface area contributed by atoms with Gasteiger partial charge < -0.3 is 14.4 Å². The molecule has 1 aromatic carbocycles. The number of nitrogens with zero attached hydrogens (tertiary/aromatic N) is 1. The molecule has 4 nitrogen and oxygen atoms in total. The molecule has 1 fully saturated rings. The van der Waals surface area contributed by atoms with Gasteiger partial charge in [0.25, 0.3) is 5.91 Å². The van der Waals surface area contributed by atoms with Crippen molar-refractivity contribution in [2.24, 2.45) is 0 Å². The van der Waals surface area contributed by atoms with E-state index in [-0.39, 0.29) is 5.91 Å². The number of amides is 1. The molecule has 0 aliphatic carbocycles. The second-order valence-corrected chi connectivity index (χ2v) is 4.77. The van der Waals surface area contributed by atoms with Crippen molar-refractivity contribution in [2.75, 3.05) is 27.3 Å². The SMILES string of the molecule is COc1ccc(C(=O)N2CCCCCC2)c(OC)c1. The number of carbonyl (C=O) groups is 1. The minimum atomic E-state index is 0.0569. The fourth-order valence-electron chi connectivity index (χ4n) is 2.42. The topological polar surface area (TPSA) is 38.8 Å². The van der Waals surface area contributed by atoms with Crippen LogP contribution < -0.4 is 9.47 Å². The summed E-state index contributed by atoms with van der Waals surface area (Å²) in [4.78, 5) is 14.5. The Kier molecular flexibility index (Phi) is 4.66. The van der Waals surface area contributed by atoms with Crippen molar-refractivity contribution < 1.29 is 14.3 Å². The van der Waals surface area contributed by atoms with Crippen LogP contribution in [0.2, 0.25) is 0 Å². The van der Waals surface area contributed by atoms with Crippen molar-refractivity contribution in [2.45, 2.75) is 25.7 Å². The van der Waals surface area contributed by atoms with Gasteiger partial charge in [-0.05, 0) is 25.0 Å². The minimum absolute atomic E-state index is 0.0569. The maximum absolute atomic E-state index is 12.5. The predicted octanol–water partition coefficient (Wildman–Crippen LogP) is 2.72. The molecule has 104 valence electrons. The first-order valence-electron chi connectivity index (χ1n) is 6.77. The molecule has 0 bridgehead atoms. The van der Waals surface area contributed by atoms with E-state index in [0.29, 0.717) is 17.1 Å². The molecule has 0 unspecified atom stereocenters. The van der Waals surface area contributed by atoms with E-state index in [1.807, 2.05) is 4.90 Å². The number of hydrogen-bond donors (Lipinski definition) is 0. The van der Waals surface area contributed by atoms with E-state index < -0.39 is 0 Å². The summed E-state index contributed by atoms with van der Waals surface area (Å²) >= 11 is 0. The van der Waals surface area contributed by atoms with Gasteiger partial charge in [-0.3, -0.25) is 4.79 Å². The molecule has 1 aliphatic heterocycles. The molecule has 0 aromatic heterocycles. The minimum Gasteiger partial charge on any atom is -0.497 e. The molecule has 1 aromatic rings. The number of rotatable bonds is 3. The van der Waals surface area contributed by atoms with Crippen molar-refractivity contribution >= 4 is 5.91 Å². The Labute approximate surface area is 114 Å². The normalized spacial score (nSPS) is 15.8.